The van der Waals surface area contributed by atoms with Crippen LogP contribution < -0.4 is 5.32 Å². The van der Waals surface area contributed by atoms with Gasteiger partial charge in [-0.15, -0.1) is 0 Å². The predicted molar refractivity (Wildman–Crippen MR) is 90.6 cm³/mol. The maximum Gasteiger partial charge on any atom is 0.0309 e. The topological polar surface area (TPSA) is 15.3 Å². The SMILES string of the molecule is CCC(C)C1CNC2(CCCCC2)CN1CC1CCCC1. The van der Waals surface area contributed by atoms with Crippen molar-refractivity contribution < 1.29 is 0 Å². The molecule has 1 spiro atoms. The van der Waals surface area contributed by atoms with Crippen molar-refractivity contribution in [1.82, 2.24) is 10.2 Å². The van der Waals surface area contributed by atoms with Gasteiger partial charge < -0.3 is 5.32 Å². The molecule has 21 heavy (non-hydrogen) atoms. The van der Waals surface area contributed by atoms with E-state index >= 15 is 0 Å². The van der Waals surface area contributed by atoms with Gasteiger partial charge in [0.1, 0.15) is 0 Å². The van der Waals surface area contributed by atoms with E-state index in [1.807, 2.05) is 0 Å². The molecule has 2 unspecified atom stereocenters. The zero-order chi connectivity index (χ0) is 14.7. The Balaban J connectivity index is 1.67. The van der Waals surface area contributed by atoms with E-state index in [4.69, 9.17) is 0 Å². The second-order valence-corrected chi connectivity index (χ2v) is 8.25. The van der Waals surface area contributed by atoms with E-state index in [-0.39, 0.29) is 0 Å². The average molecular weight is 293 g/mol. The largest absolute Gasteiger partial charge is 0.308 e. The summed E-state index contributed by atoms with van der Waals surface area (Å²) in [6, 6.07) is 0.781. The lowest BCUT2D eigenvalue weighted by Gasteiger charge is -2.51. The maximum atomic E-state index is 4.01. The highest BCUT2D eigenvalue weighted by atomic mass is 15.3. The number of nitrogens with zero attached hydrogens (tertiary/aromatic N) is 1. The molecule has 2 atom stereocenters. The first-order chi connectivity index (χ1) is 10.2. The van der Waals surface area contributed by atoms with Crippen molar-refractivity contribution in [3.8, 4) is 0 Å². The third-order valence-electron chi connectivity index (χ3n) is 6.74. The van der Waals surface area contributed by atoms with Crippen LogP contribution in [0.1, 0.15) is 78.1 Å². The number of hydrogen-bond donors (Lipinski definition) is 1. The van der Waals surface area contributed by atoms with Gasteiger partial charge in [-0.3, -0.25) is 4.90 Å². The molecular formula is C19H36N2. The van der Waals surface area contributed by atoms with Crippen LogP contribution in [0.4, 0.5) is 0 Å². The van der Waals surface area contributed by atoms with E-state index < -0.39 is 0 Å². The lowest BCUT2D eigenvalue weighted by Crippen LogP contribution is -2.66. The molecule has 0 aromatic carbocycles. The minimum atomic E-state index is 0.473. The average Bonchev–Trinajstić information content (AvgIpc) is 3.00. The van der Waals surface area contributed by atoms with Gasteiger partial charge in [0.05, 0.1) is 0 Å². The van der Waals surface area contributed by atoms with Crippen LogP contribution in [0.25, 0.3) is 0 Å². The molecule has 0 bridgehead atoms. The highest BCUT2D eigenvalue weighted by molar-refractivity contribution is 5.01. The van der Waals surface area contributed by atoms with Crippen LogP contribution in [-0.2, 0) is 0 Å². The van der Waals surface area contributed by atoms with Gasteiger partial charge in [-0.2, -0.15) is 0 Å². The molecular weight excluding hydrogens is 256 g/mol. The third-order valence-corrected chi connectivity index (χ3v) is 6.74. The van der Waals surface area contributed by atoms with Gasteiger partial charge in [0.25, 0.3) is 0 Å². The molecule has 2 nitrogen and oxygen atoms in total. The lowest BCUT2D eigenvalue weighted by atomic mass is 9.78. The molecule has 3 fully saturated rings. The molecule has 3 aliphatic rings. The number of rotatable bonds is 4. The molecule has 0 radical (unpaired) electrons. The molecule has 122 valence electrons. The Morgan fingerprint density at radius 1 is 1.10 bits per heavy atom. The summed E-state index contributed by atoms with van der Waals surface area (Å²) in [6.45, 7) is 8.79. The summed E-state index contributed by atoms with van der Waals surface area (Å²) < 4.78 is 0. The van der Waals surface area contributed by atoms with Gasteiger partial charge >= 0.3 is 0 Å². The Morgan fingerprint density at radius 2 is 1.81 bits per heavy atom. The van der Waals surface area contributed by atoms with Gasteiger partial charge in [-0.25, -0.2) is 0 Å². The highest BCUT2D eigenvalue weighted by Gasteiger charge is 2.41. The zero-order valence-electron chi connectivity index (χ0n) is 14.4. The quantitative estimate of drug-likeness (QED) is 0.835. The monoisotopic (exact) mass is 292 g/mol. The van der Waals surface area contributed by atoms with Gasteiger partial charge in [0.2, 0.25) is 0 Å². The summed E-state index contributed by atoms with van der Waals surface area (Å²) in [4.78, 5) is 2.92. The Hall–Kier alpha value is -0.0800. The van der Waals surface area contributed by atoms with Crippen LogP contribution in [0.3, 0.4) is 0 Å². The first-order valence-corrected chi connectivity index (χ1v) is 9.71. The van der Waals surface area contributed by atoms with Crippen LogP contribution in [0.15, 0.2) is 0 Å². The summed E-state index contributed by atoms with van der Waals surface area (Å²) in [5, 5.41) is 4.01. The van der Waals surface area contributed by atoms with Crippen molar-refractivity contribution in [1.29, 1.82) is 0 Å². The third kappa shape index (κ3) is 3.64. The fourth-order valence-corrected chi connectivity index (χ4v) is 5.13. The minimum Gasteiger partial charge on any atom is -0.308 e. The van der Waals surface area contributed by atoms with Crippen LogP contribution in [0, 0.1) is 11.8 Å². The molecule has 1 saturated heterocycles. The second kappa shape index (κ2) is 7.00. The molecule has 1 aliphatic heterocycles. The fourth-order valence-electron chi connectivity index (χ4n) is 5.13. The predicted octanol–water partition coefficient (Wildman–Crippen LogP) is 4.20. The molecule has 0 aromatic rings. The van der Waals surface area contributed by atoms with Gasteiger partial charge in [0, 0.05) is 31.2 Å². The summed E-state index contributed by atoms with van der Waals surface area (Å²) in [5.41, 5.74) is 0.473. The highest BCUT2D eigenvalue weighted by Crippen LogP contribution is 2.35. The normalized spacial score (nSPS) is 32.6. The Bertz CT molecular complexity index is 316. The minimum absolute atomic E-state index is 0.473. The summed E-state index contributed by atoms with van der Waals surface area (Å²) in [7, 11) is 0. The van der Waals surface area contributed by atoms with E-state index in [0.29, 0.717) is 5.54 Å². The molecule has 3 rings (SSSR count). The molecule has 2 heteroatoms. The fraction of sp³-hybridized carbons (Fsp3) is 1.00. The van der Waals surface area contributed by atoms with Crippen molar-refractivity contribution >= 4 is 0 Å². The van der Waals surface area contributed by atoms with Crippen molar-refractivity contribution in [3.05, 3.63) is 0 Å². The Morgan fingerprint density at radius 3 is 2.48 bits per heavy atom. The van der Waals surface area contributed by atoms with Crippen molar-refractivity contribution in [2.75, 3.05) is 19.6 Å². The lowest BCUT2D eigenvalue weighted by molar-refractivity contribution is 0.0224. The number of piperazine rings is 1. The van der Waals surface area contributed by atoms with E-state index in [1.54, 1.807) is 0 Å². The number of hydrogen-bond acceptors (Lipinski definition) is 2. The van der Waals surface area contributed by atoms with Gasteiger partial charge in [0.15, 0.2) is 0 Å². The molecule has 0 aromatic heterocycles. The smallest absolute Gasteiger partial charge is 0.0309 e. The molecule has 1 N–H and O–H groups in total. The first kappa shape index (κ1) is 15.8. The Labute approximate surface area is 132 Å². The maximum absolute atomic E-state index is 4.01. The molecule has 2 saturated carbocycles. The summed E-state index contributed by atoms with van der Waals surface area (Å²) in [5.74, 6) is 1.83. The van der Waals surface area contributed by atoms with E-state index in [2.05, 4.69) is 24.1 Å². The van der Waals surface area contributed by atoms with E-state index in [1.165, 1.54) is 83.8 Å². The van der Waals surface area contributed by atoms with Gasteiger partial charge in [-0.05, 0) is 37.5 Å². The van der Waals surface area contributed by atoms with E-state index in [9.17, 15) is 0 Å². The van der Waals surface area contributed by atoms with Crippen LogP contribution in [0.2, 0.25) is 0 Å². The van der Waals surface area contributed by atoms with Crippen molar-refractivity contribution in [2.24, 2.45) is 11.8 Å². The second-order valence-electron chi connectivity index (χ2n) is 8.25. The molecule has 1 heterocycles. The van der Waals surface area contributed by atoms with Crippen LogP contribution in [0.5, 0.6) is 0 Å². The van der Waals surface area contributed by atoms with Crippen LogP contribution in [-0.4, -0.2) is 36.1 Å². The van der Waals surface area contributed by atoms with Crippen molar-refractivity contribution in [3.63, 3.8) is 0 Å². The molecule has 0 amide bonds. The Kier molecular flexibility index (Phi) is 5.27. The van der Waals surface area contributed by atoms with E-state index in [0.717, 1.165) is 17.9 Å². The zero-order valence-corrected chi connectivity index (χ0v) is 14.4. The number of nitrogens with one attached hydrogen (secondary N) is 1. The van der Waals surface area contributed by atoms with Gasteiger partial charge in [-0.1, -0.05) is 52.4 Å². The summed E-state index contributed by atoms with van der Waals surface area (Å²) >= 11 is 0. The standard InChI is InChI=1S/C19H36N2/c1-3-16(2)18-13-20-19(11-7-4-8-12-19)15-21(18)14-17-9-5-6-10-17/h16-18,20H,3-15H2,1-2H3. The van der Waals surface area contributed by atoms with Crippen molar-refractivity contribution in [2.45, 2.75) is 89.6 Å². The molecule has 2 aliphatic carbocycles. The van der Waals surface area contributed by atoms with Crippen LogP contribution >= 0.6 is 0 Å². The first-order valence-electron chi connectivity index (χ1n) is 9.71. The summed E-state index contributed by atoms with van der Waals surface area (Å²) in [6.07, 6.45) is 14.4.